The van der Waals surface area contributed by atoms with Gasteiger partial charge in [0.1, 0.15) is 6.54 Å². The number of hydrogen-bond acceptors (Lipinski definition) is 6. The molecule has 2 aromatic heterocycles. The minimum absolute atomic E-state index is 0.0748. The van der Waals surface area contributed by atoms with Crippen LogP contribution in [0.25, 0.3) is 5.95 Å². The SMILES string of the molecule is CCCN(CC(F)(F)F)c1nc(N)nc(-n2cccn2)n1. The number of rotatable bonds is 5. The fourth-order valence-electron chi connectivity index (χ4n) is 1.74. The average molecular weight is 301 g/mol. The first-order chi connectivity index (χ1) is 9.89. The van der Waals surface area contributed by atoms with Gasteiger partial charge in [0.15, 0.2) is 0 Å². The van der Waals surface area contributed by atoms with Crippen molar-refractivity contribution in [1.29, 1.82) is 0 Å². The van der Waals surface area contributed by atoms with Crippen molar-refractivity contribution in [2.24, 2.45) is 0 Å². The number of nitrogens with two attached hydrogens (primary N) is 1. The molecule has 0 aliphatic carbocycles. The highest BCUT2D eigenvalue weighted by atomic mass is 19.4. The van der Waals surface area contributed by atoms with E-state index in [1.54, 1.807) is 19.2 Å². The van der Waals surface area contributed by atoms with Crippen LogP contribution in [0.1, 0.15) is 13.3 Å². The van der Waals surface area contributed by atoms with Gasteiger partial charge in [-0.05, 0) is 12.5 Å². The summed E-state index contributed by atoms with van der Waals surface area (Å²) < 4.78 is 39.2. The van der Waals surface area contributed by atoms with E-state index < -0.39 is 12.7 Å². The van der Waals surface area contributed by atoms with Crippen LogP contribution in [0.3, 0.4) is 0 Å². The topological polar surface area (TPSA) is 85.8 Å². The van der Waals surface area contributed by atoms with Crippen LogP contribution in [0.4, 0.5) is 25.1 Å². The highest BCUT2D eigenvalue weighted by Gasteiger charge is 2.32. The number of hydrogen-bond donors (Lipinski definition) is 1. The number of nitrogens with zero attached hydrogens (tertiary/aromatic N) is 6. The van der Waals surface area contributed by atoms with Gasteiger partial charge in [-0.15, -0.1) is 0 Å². The molecule has 7 nitrogen and oxygen atoms in total. The van der Waals surface area contributed by atoms with E-state index in [2.05, 4.69) is 20.1 Å². The molecule has 10 heteroatoms. The smallest absolute Gasteiger partial charge is 0.368 e. The Labute approximate surface area is 118 Å². The normalized spacial score (nSPS) is 11.6. The van der Waals surface area contributed by atoms with Crippen LogP contribution in [0, 0.1) is 0 Å². The second-order valence-corrected chi connectivity index (χ2v) is 4.28. The van der Waals surface area contributed by atoms with Crippen molar-refractivity contribution in [2.75, 3.05) is 23.7 Å². The zero-order valence-electron chi connectivity index (χ0n) is 11.2. The van der Waals surface area contributed by atoms with E-state index in [1.807, 2.05) is 0 Å². The Morgan fingerprint density at radius 3 is 2.62 bits per heavy atom. The third-order valence-corrected chi connectivity index (χ3v) is 2.48. The van der Waals surface area contributed by atoms with E-state index in [0.29, 0.717) is 6.42 Å². The third-order valence-electron chi connectivity index (χ3n) is 2.48. The fourth-order valence-corrected chi connectivity index (χ4v) is 1.74. The maximum Gasteiger partial charge on any atom is 0.406 e. The minimum atomic E-state index is -4.36. The molecule has 2 heterocycles. The summed E-state index contributed by atoms with van der Waals surface area (Å²) in [5.74, 6) is -0.202. The van der Waals surface area contributed by atoms with Crippen LogP contribution in [0.2, 0.25) is 0 Å². The molecule has 2 N–H and O–H groups in total. The molecule has 21 heavy (non-hydrogen) atoms. The summed E-state index contributed by atoms with van der Waals surface area (Å²) in [4.78, 5) is 12.7. The molecule has 0 amide bonds. The molecule has 0 radical (unpaired) electrons. The fraction of sp³-hybridized carbons (Fsp3) is 0.455. The number of alkyl halides is 3. The Balaban J connectivity index is 2.36. The number of nitrogen functional groups attached to an aromatic ring is 1. The van der Waals surface area contributed by atoms with Crippen LogP contribution >= 0.6 is 0 Å². The predicted octanol–water partition coefficient (Wildman–Crippen LogP) is 1.42. The molecule has 0 fully saturated rings. The van der Waals surface area contributed by atoms with Gasteiger partial charge >= 0.3 is 6.18 Å². The van der Waals surface area contributed by atoms with Gasteiger partial charge in [0, 0.05) is 18.9 Å². The maximum atomic E-state index is 12.6. The first-order valence-corrected chi connectivity index (χ1v) is 6.22. The van der Waals surface area contributed by atoms with E-state index in [-0.39, 0.29) is 24.4 Å². The molecule has 0 aliphatic rings. The van der Waals surface area contributed by atoms with Crippen molar-refractivity contribution in [3.8, 4) is 5.95 Å². The molecule has 114 valence electrons. The van der Waals surface area contributed by atoms with Crippen LogP contribution in [-0.4, -0.2) is 44.0 Å². The molecule has 0 saturated carbocycles. The lowest BCUT2D eigenvalue weighted by molar-refractivity contribution is -0.119. The van der Waals surface area contributed by atoms with Crippen molar-refractivity contribution in [3.05, 3.63) is 18.5 Å². The summed E-state index contributed by atoms with van der Waals surface area (Å²) in [5, 5.41) is 3.92. The minimum Gasteiger partial charge on any atom is -0.368 e. The van der Waals surface area contributed by atoms with Crippen molar-refractivity contribution >= 4 is 11.9 Å². The predicted molar refractivity (Wildman–Crippen MR) is 69.9 cm³/mol. The first-order valence-electron chi connectivity index (χ1n) is 6.22. The Kier molecular flexibility index (Phi) is 4.24. The Hall–Kier alpha value is -2.39. The van der Waals surface area contributed by atoms with Gasteiger partial charge in [0.2, 0.25) is 11.9 Å². The zero-order valence-corrected chi connectivity index (χ0v) is 11.2. The van der Waals surface area contributed by atoms with E-state index in [9.17, 15) is 13.2 Å². The Morgan fingerprint density at radius 1 is 1.29 bits per heavy atom. The van der Waals surface area contributed by atoms with E-state index in [0.717, 1.165) is 4.90 Å². The van der Waals surface area contributed by atoms with Crippen molar-refractivity contribution in [1.82, 2.24) is 24.7 Å². The van der Waals surface area contributed by atoms with E-state index in [4.69, 9.17) is 5.73 Å². The molecule has 2 rings (SSSR count). The first kappa shape index (κ1) is 15.0. The number of aromatic nitrogens is 5. The van der Waals surface area contributed by atoms with Gasteiger partial charge in [0.05, 0.1) is 0 Å². The molecule has 0 atom stereocenters. The zero-order chi connectivity index (χ0) is 15.5. The van der Waals surface area contributed by atoms with Gasteiger partial charge in [-0.1, -0.05) is 6.92 Å². The molecule has 0 spiro atoms. The van der Waals surface area contributed by atoms with Gasteiger partial charge in [0.25, 0.3) is 5.95 Å². The van der Waals surface area contributed by atoms with Gasteiger partial charge in [-0.2, -0.15) is 33.2 Å². The molecular weight excluding hydrogens is 287 g/mol. The second-order valence-electron chi connectivity index (χ2n) is 4.28. The van der Waals surface area contributed by atoms with Gasteiger partial charge in [-0.3, -0.25) is 0 Å². The maximum absolute atomic E-state index is 12.6. The Bertz CT molecular complexity index is 582. The standard InChI is InChI=1S/C11H14F3N7/c1-2-5-20(7-11(12,13)14)9-17-8(15)18-10(19-9)21-6-3-4-16-21/h3-4,6H,2,5,7H2,1H3,(H2,15,17,18,19). The van der Waals surface area contributed by atoms with Gasteiger partial charge < -0.3 is 10.6 Å². The highest BCUT2D eigenvalue weighted by molar-refractivity contribution is 5.37. The molecule has 0 unspecified atom stereocenters. The second kappa shape index (κ2) is 5.94. The molecular formula is C11H14F3N7. The summed E-state index contributed by atoms with van der Waals surface area (Å²) >= 11 is 0. The summed E-state index contributed by atoms with van der Waals surface area (Å²) in [6.45, 7) is 0.771. The van der Waals surface area contributed by atoms with Crippen LogP contribution in [-0.2, 0) is 0 Å². The third kappa shape index (κ3) is 4.04. The average Bonchev–Trinajstić information content (AvgIpc) is 2.90. The monoisotopic (exact) mass is 301 g/mol. The summed E-state index contributed by atoms with van der Waals surface area (Å²) in [6.07, 6.45) is -0.785. The quantitative estimate of drug-likeness (QED) is 0.899. The lowest BCUT2D eigenvalue weighted by Crippen LogP contribution is -2.36. The molecule has 0 bridgehead atoms. The summed E-state index contributed by atoms with van der Waals surface area (Å²) in [7, 11) is 0. The van der Waals surface area contributed by atoms with Crippen LogP contribution < -0.4 is 10.6 Å². The van der Waals surface area contributed by atoms with Crippen molar-refractivity contribution in [2.45, 2.75) is 19.5 Å². The van der Waals surface area contributed by atoms with Crippen LogP contribution in [0.5, 0.6) is 0 Å². The van der Waals surface area contributed by atoms with Crippen molar-refractivity contribution in [3.63, 3.8) is 0 Å². The molecule has 0 aliphatic heterocycles. The highest BCUT2D eigenvalue weighted by Crippen LogP contribution is 2.20. The van der Waals surface area contributed by atoms with Crippen LogP contribution in [0.15, 0.2) is 18.5 Å². The molecule has 0 saturated heterocycles. The largest absolute Gasteiger partial charge is 0.406 e. The number of halogens is 3. The summed E-state index contributed by atoms with van der Waals surface area (Å²) in [5.41, 5.74) is 5.55. The van der Waals surface area contributed by atoms with E-state index >= 15 is 0 Å². The lowest BCUT2D eigenvalue weighted by Gasteiger charge is -2.23. The lowest BCUT2D eigenvalue weighted by atomic mass is 10.4. The molecule has 2 aromatic rings. The van der Waals surface area contributed by atoms with Gasteiger partial charge in [-0.25, -0.2) is 4.68 Å². The molecule has 0 aromatic carbocycles. The van der Waals surface area contributed by atoms with E-state index in [1.165, 1.54) is 10.9 Å². The summed E-state index contributed by atoms with van der Waals surface area (Å²) in [6, 6.07) is 1.64. The van der Waals surface area contributed by atoms with Crippen molar-refractivity contribution < 1.29 is 13.2 Å². The number of anilines is 2. The Morgan fingerprint density at radius 2 is 2.05 bits per heavy atom.